The van der Waals surface area contributed by atoms with Gasteiger partial charge in [-0.25, -0.2) is 4.79 Å². The normalized spacial score (nSPS) is 10.5. The summed E-state index contributed by atoms with van der Waals surface area (Å²) in [4.78, 5) is 50.3. The molecule has 0 unspecified atom stereocenters. The fraction of sp³-hybridized carbons (Fsp3) is 0.111. The topological polar surface area (TPSA) is 166 Å². The van der Waals surface area contributed by atoms with Gasteiger partial charge in [-0.3, -0.25) is 14.4 Å². The van der Waals surface area contributed by atoms with Crippen molar-refractivity contribution in [1.82, 2.24) is 5.16 Å². The van der Waals surface area contributed by atoms with Crippen molar-refractivity contribution >= 4 is 51.7 Å². The number of rotatable bonds is 6. The molecule has 0 radical (unpaired) electrons. The number of carbonyl (C=O) groups is 4. The van der Waals surface area contributed by atoms with Gasteiger partial charge in [0, 0.05) is 37.7 Å². The molecule has 3 aromatic carbocycles. The van der Waals surface area contributed by atoms with Crippen LogP contribution < -0.4 is 15.5 Å². The number of para-hydroxylation sites is 1. The van der Waals surface area contributed by atoms with Crippen molar-refractivity contribution in [3.05, 3.63) is 71.4 Å². The second-order valence-corrected chi connectivity index (χ2v) is 8.33. The average molecular weight is 511 g/mol. The lowest BCUT2D eigenvalue weighted by molar-refractivity contribution is -0.116. The number of nitrogens with one attached hydrogen (secondary N) is 2. The third kappa shape index (κ3) is 4.91. The molecule has 0 aliphatic carbocycles. The minimum Gasteiger partial charge on any atom is -0.478 e. The van der Waals surface area contributed by atoms with Crippen molar-refractivity contribution in [3.8, 4) is 17.2 Å². The summed E-state index contributed by atoms with van der Waals surface area (Å²) in [6.45, 7) is 2.76. The predicted molar refractivity (Wildman–Crippen MR) is 139 cm³/mol. The van der Waals surface area contributed by atoms with Gasteiger partial charge in [-0.1, -0.05) is 23.4 Å². The van der Waals surface area contributed by atoms with Gasteiger partial charge < -0.3 is 25.2 Å². The zero-order valence-electron chi connectivity index (χ0n) is 20.5. The Labute approximate surface area is 216 Å². The number of fused-ring (bicyclic) bond motifs is 1. The van der Waals surface area contributed by atoms with E-state index < -0.39 is 11.9 Å². The molecule has 3 amide bonds. The lowest BCUT2D eigenvalue weighted by Gasteiger charge is -2.21. The van der Waals surface area contributed by atoms with Crippen LogP contribution in [0.3, 0.4) is 0 Å². The molecule has 0 saturated carbocycles. The van der Waals surface area contributed by atoms with Crippen LogP contribution >= 0.6 is 0 Å². The van der Waals surface area contributed by atoms with Gasteiger partial charge in [-0.15, -0.1) is 0 Å². The Morgan fingerprint density at radius 3 is 2.37 bits per heavy atom. The van der Waals surface area contributed by atoms with Crippen LogP contribution in [0.5, 0.6) is 0 Å². The molecule has 11 nitrogen and oxygen atoms in total. The molecule has 3 N–H and O–H groups in total. The van der Waals surface area contributed by atoms with E-state index in [-0.39, 0.29) is 45.3 Å². The maximum absolute atomic E-state index is 13.1. The van der Waals surface area contributed by atoms with E-state index in [9.17, 15) is 24.3 Å². The van der Waals surface area contributed by atoms with E-state index in [1.807, 2.05) is 6.07 Å². The highest BCUT2D eigenvalue weighted by Gasteiger charge is 2.24. The van der Waals surface area contributed by atoms with Crippen LogP contribution in [-0.4, -0.2) is 41.0 Å². The SMILES string of the molecule is CC(=O)Nc1ccccc1-c1cc2onc(C(=O)Nc3ccc(C#N)cc3C(=O)O)c2cc1N(C)C(C)=O. The second-order valence-electron chi connectivity index (χ2n) is 8.33. The molecular formula is C27H21N5O6. The molecule has 0 atom stereocenters. The number of hydrogen-bond acceptors (Lipinski definition) is 7. The Balaban J connectivity index is 1.84. The van der Waals surface area contributed by atoms with Crippen LogP contribution in [-0.2, 0) is 9.59 Å². The van der Waals surface area contributed by atoms with Gasteiger partial charge in [0.2, 0.25) is 11.8 Å². The van der Waals surface area contributed by atoms with Crippen molar-refractivity contribution < 1.29 is 28.8 Å². The third-order valence-corrected chi connectivity index (χ3v) is 5.79. The van der Waals surface area contributed by atoms with E-state index in [0.29, 0.717) is 22.5 Å². The van der Waals surface area contributed by atoms with E-state index in [4.69, 9.17) is 9.78 Å². The molecule has 0 aliphatic rings. The Morgan fingerprint density at radius 1 is 0.974 bits per heavy atom. The standard InChI is InChI=1S/C27H21N5O6/c1-14(33)29-21-7-5-4-6-17(21)18-12-24-20(11-23(18)32(3)15(2)34)25(31-38-24)26(35)30-22-9-8-16(13-28)10-19(22)27(36)37/h4-12H,1-3H3,(H,29,33)(H,30,35)(H,36,37). The number of aromatic carboxylic acids is 1. The lowest BCUT2D eigenvalue weighted by Crippen LogP contribution is -2.23. The highest BCUT2D eigenvalue weighted by Crippen LogP contribution is 2.39. The highest BCUT2D eigenvalue weighted by atomic mass is 16.5. The van der Waals surface area contributed by atoms with Gasteiger partial charge in [0.15, 0.2) is 11.3 Å². The van der Waals surface area contributed by atoms with Crippen molar-refractivity contribution in [2.45, 2.75) is 13.8 Å². The van der Waals surface area contributed by atoms with Crippen LogP contribution in [0.15, 0.2) is 59.1 Å². The molecule has 0 aliphatic heterocycles. The number of hydrogen-bond donors (Lipinski definition) is 3. The first kappa shape index (κ1) is 25.6. The van der Waals surface area contributed by atoms with Crippen LogP contribution in [0.2, 0.25) is 0 Å². The van der Waals surface area contributed by atoms with Gasteiger partial charge in [0.25, 0.3) is 5.91 Å². The predicted octanol–water partition coefficient (Wildman–Crippen LogP) is 4.26. The summed E-state index contributed by atoms with van der Waals surface area (Å²) in [5.74, 6) is -2.63. The minimum atomic E-state index is -1.32. The minimum absolute atomic E-state index is 0.0282. The molecule has 190 valence electrons. The fourth-order valence-corrected chi connectivity index (χ4v) is 3.90. The fourth-order valence-electron chi connectivity index (χ4n) is 3.90. The number of nitriles is 1. The summed E-state index contributed by atoms with van der Waals surface area (Å²) in [5.41, 5.74) is 2.00. The van der Waals surface area contributed by atoms with Gasteiger partial charge in [0.1, 0.15) is 0 Å². The molecule has 38 heavy (non-hydrogen) atoms. The van der Waals surface area contributed by atoms with Crippen molar-refractivity contribution in [2.24, 2.45) is 0 Å². The van der Waals surface area contributed by atoms with Crippen molar-refractivity contribution in [3.63, 3.8) is 0 Å². The van der Waals surface area contributed by atoms with Crippen LogP contribution in [0, 0.1) is 11.3 Å². The largest absolute Gasteiger partial charge is 0.478 e. The lowest BCUT2D eigenvalue weighted by atomic mass is 9.98. The number of nitrogens with zero attached hydrogens (tertiary/aromatic N) is 3. The van der Waals surface area contributed by atoms with Gasteiger partial charge >= 0.3 is 5.97 Å². The third-order valence-electron chi connectivity index (χ3n) is 5.79. The molecule has 0 bridgehead atoms. The average Bonchev–Trinajstić information content (AvgIpc) is 3.30. The highest BCUT2D eigenvalue weighted by molar-refractivity contribution is 6.14. The van der Waals surface area contributed by atoms with Crippen LogP contribution in [0.1, 0.15) is 40.3 Å². The van der Waals surface area contributed by atoms with Crippen LogP contribution in [0.4, 0.5) is 17.1 Å². The zero-order chi connectivity index (χ0) is 27.6. The number of amides is 3. The summed E-state index contributed by atoms with van der Waals surface area (Å²) in [6.07, 6.45) is 0. The molecule has 0 saturated heterocycles. The number of carbonyl (C=O) groups excluding carboxylic acids is 3. The van der Waals surface area contributed by atoms with Crippen LogP contribution in [0.25, 0.3) is 22.1 Å². The van der Waals surface area contributed by atoms with E-state index in [0.717, 1.165) is 6.07 Å². The molecule has 4 aromatic rings. The zero-order valence-corrected chi connectivity index (χ0v) is 20.5. The molecule has 4 rings (SSSR count). The van der Waals surface area contributed by atoms with E-state index in [1.165, 1.54) is 30.9 Å². The number of benzene rings is 3. The van der Waals surface area contributed by atoms with Gasteiger partial charge in [-0.2, -0.15) is 5.26 Å². The number of aromatic nitrogens is 1. The maximum Gasteiger partial charge on any atom is 0.337 e. The smallest absolute Gasteiger partial charge is 0.337 e. The Hall–Kier alpha value is -5.50. The van der Waals surface area contributed by atoms with E-state index in [1.54, 1.807) is 43.4 Å². The first-order valence-corrected chi connectivity index (χ1v) is 11.2. The molecule has 0 fully saturated rings. The summed E-state index contributed by atoms with van der Waals surface area (Å²) in [7, 11) is 1.57. The monoisotopic (exact) mass is 511 g/mol. The first-order valence-electron chi connectivity index (χ1n) is 11.2. The van der Waals surface area contributed by atoms with Crippen molar-refractivity contribution in [1.29, 1.82) is 5.26 Å². The first-order chi connectivity index (χ1) is 18.1. The quantitative estimate of drug-likeness (QED) is 0.345. The summed E-state index contributed by atoms with van der Waals surface area (Å²) < 4.78 is 5.44. The number of anilines is 3. The summed E-state index contributed by atoms with van der Waals surface area (Å²) in [5, 5.41) is 28.0. The Morgan fingerprint density at radius 2 is 1.71 bits per heavy atom. The number of carboxylic acid groups (broad SMARTS) is 1. The molecule has 1 aromatic heterocycles. The van der Waals surface area contributed by atoms with E-state index in [2.05, 4.69) is 15.8 Å². The molecular weight excluding hydrogens is 490 g/mol. The Bertz CT molecular complexity index is 1670. The van der Waals surface area contributed by atoms with Gasteiger partial charge in [0.05, 0.1) is 34.0 Å². The number of carboxylic acids is 1. The summed E-state index contributed by atoms with van der Waals surface area (Å²) in [6, 6.07) is 15.9. The summed E-state index contributed by atoms with van der Waals surface area (Å²) >= 11 is 0. The second kappa shape index (κ2) is 10.2. The molecule has 11 heteroatoms. The molecule has 1 heterocycles. The molecule has 0 spiro atoms. The maximum atomic E-state index is 13.1. The van der Waals surface area contributed by atoms with Crippen molar-refractivity contribution in [2.75, 3.05) is 22.6 Å². The van der Waals surface area contributed by atoms with E-state index >= 15 is 0 Å². The Kier molecular flexibility index (Phi) is 6.89. The van der Waals surface area contributed by atoms with Gasteiger partial charge in [-0.05, 0) is 36.4 Å².